The quantitative estimate of drug-likeness (QED) is 0.471. The molecule has 0 radical (unpaired) electrons. The molecule has 0 fully saturated rings. The average Bonchev–Trinajstić information content (AvgIpc) is 2.13. The molecule has 0 aliphatic heterocycles. The van der Waals surface area contributed by atoms with Gasteiger partial charge in [0.2, 0.25) is 0 Å². The summed E-state index contributed by atoms with van der Waals surface area (Å²) in [6.45, 7) is 2.01. The fraction of sp³-hybridized carbons (Fsp3) is 0.875. The molecule has 0 saturated carbocycles. The Labute approximate surface area is 88.8 Å². The van der Waals surface area contributed by atoms with Gasteiger partial charge in [0.05, 0.1) is 13.2 Å². The van der Waals surface area contributed by atoms with Crippen molar-refractivity contribution >= 4 is 13.8 Å². The van der Waals surface area contributed by atoms with Gasteiger partial charge in [0.1, 0.15) is 0 Å². The van der Waals surface area contributed by atoms with Crippen LogP contribution in [-0.4, -0.2) is 29.2 Å². The first-order chi connectivity index (χ1) is 6.98. The number of carbonyl (C=O) groups is 1. The summed E-state index contributed by atoms with van der Waals surface area (Å²) in [5, 5.41) is 8.30. The van der Waals surface area contributed by atoms with E-state index in [0.717, 1.165) is 6.42 Å². The fourth-order valence-electron chi connectivity index (χ4n) is 0.765. The summed E-state index contributed by atoms with van der Waals surface area (Å²) in [4.78, 5) is 19.2. The Kier molecular flexibility index (Phi) is 7.60. The van der Waals surface area contributed by atoms with Crippen LogP contribution < -0.4 is 0 Å². The third-order valence-electron chi connectivity index (χ3n) is 1.54. The van der Waals surface area contributed by atoms with Crippen LogP contribution in [0.2, 0.25) is 0 Å². The number of unbranched alkanes of at least 4 members (excludes halogenated alkanes) is 1. The average molecular weight is 240 g/mol. The highest BCUT2D eigenvalue weighted by Crippen LogP contribution is 2.43. The van der Waals surface area contributed by atoms with Crippen molar-refractivity contribution in [1.82, 2.24) is 0 Å². The summed E-state index contributed by atoms with van der Waals surface area (Å²) in [7, 11) is -3.98. The molecule has 0 aromatic rings. The van der Waals surface area contributed by atoms with E-state index in [1.54, 1.807) is 0 Å². The Morgan fingerprint density at radius 3 is 2.27 bits per heavy atom. The fourth-order valence-corrected chi connectivity index (χ4v) is 1.56. The van der Waals surface area contributed by atoms with Crippen molar-refractivity contribution in [3.05, 3.63) is 0 Å². The second kappa shape index (κ2) is 7.82. The van der Waals surface area contributed by atoms with Crippen LogP contribution in [-0.2, 0) is 18.4 Å². The Morgan fingerprint density at radius 1 is 1.27 bits per heavy atom. The highest BCUT2D eigenvalue weighted by molar-refractivity contribution is 7.47. The molecule has 0 heterocycles. The number of rotatable bonds is 9. The first-order valence-corrected chi connectivity index (χ1v) is 6.31. The topological polar surface area (TPSA) is 93.1 Å². The van der Waals surface area contributed by atoms with Crippen molar-refractivity contribution in [2.24, 2.45) is 0 Å². The van der Waals surface area contributed by atoms with E-state index < -0.39 is 13.8 Å². The monoisotopic (exact) mass is 240 g/mol. The summed E-state index contributed by atoms with van der Waals surface area (Å²) < 4.78 is 20.3. The molecule has 90 valence electrons. The van der Waals surface area contributed by atoms with Gasteiger partial charge in [-0.05, 0) is 12.8 Å². The van der Waals surface area contributed by atoms with E-state index >= 15 is 0 Å². The van der Waals surface area contributed by atoms with Crippen LogP contribution in [0.5, 0.6) is 0 Å². The summed E-state index contributed by atoms with van der Waals surface area (Å²) in [6.07, 6.45) is 1.65. The van der Waals surface area contributed by atoms with Gasteiger partial charge >= 0.3 is 13.8 Å². The maximum atomic E-state index is 11.1. The molecule has 0 aliphatic carbocycles. The van der Waals surface area contributed by atoms with Crippen molar-refractivity contribution < 1.29 is 28.4 Å². The number of carboxylic acids is 1. The van der Waals surface area contributed by atoms with Crippen LogP contribution in [0.1, 0.15) is 32.6 Å². The molecule has 1 unspecified atom stereocenters. The largest absolute Gasteiger partial charge is 0.481 e. The molecule has 7 heteroatoms. The summed E-state index contributed by atoms with van der Waals surface area (Å²) >= 11 is 0. The van der Waals surface area contributed by atoms with Crippen LogP contribution >= 0.6 is 7.82 Å². The first kappa shape index (κ1) is 14.6. The number of phosphoric acid groups is 1. The third kappa shape index (κ3) is 9.87. The van der Waals surface area contributed by atoms with E-state index in [1.165, 1.54) is 0 Å². The number of hydrogen-bond acceptors (Lipinski definition) is 4. The second-order valence-corrected chi connectivity index (χ2v) is 4.44. The van der Waals surface area contributed by atoms with Gasteiger partial charge in [-0.1, -0.05) is 13.3 Å². The maximum Gasteiger partial charge on any atom is 0.472 e. The highest BCUT2D eigenvalue weighted by Gasteiger charge is 2.19. The molecule has 0 rings (SSSR count). The van der Waals surface area contributed by atoms with Crippen molar-refractivity contribution in [1.29, 1.82) is 0 Å². The molecule has 1 atom stereocenters. The lowest BCUT2D eigenvalue weighted by atomic mass is 10.3. The normalized spacial score (nSPS) is 14.8. The van der Waals surface area contributed by atoms with E-state index in [-0.39, 0.29) is 26.1 Å². The number of carboxylic acid groups (broad SMARTS) is 1. The molecule has 0 saturated heterocycles. The van der Waals surface area contributed by atoms with Gasteiger partial charge in [-0.25, -0.2) is 4.57 Å². The zero-order valence-electron chi connectivity index (χ0n) is 8.72. The van der Waals surface area contributed by atoms with E-state index in [2.05, 4.69) is 9.05 Å². The Morgan fingerprint density at radius 2 is 1.80 bits per heavy atom. The standard InChI is InChI=1S/C8H17O6P/c1-2-3-6-13-15(11,12)14-7-4-5-8(9)10/h2-7H2,1H3,(H,9,10)(H,11,12). The zero-order chi connectivity index (χ0) is 11.7. The minimum Gasteiger partial charge on any atom is -0.481 e. The molecule has 0 aromatic heterocycles. The lowest BCUT2D eigenvalue weighted by molar-refractivity contribution is -0.137. The van der Waals surface area contributed by atoms with Crippen LogP contribution in [0.15, 0.2) is 0 Å². The number of aliphatic carboxylic acids is 1. The Hall–Kier alpha value is -0.420. The maximum absolute atomic E-state index is 11.1. The molecule has 0 amide bonds. The van der Waals surface area contributed by atoms with Gasteiger partial charge in [0, 0.05) is 6.42 Å². The predicted octanol–water partition coefficient (Wildman–Crippen LogP) is 1.78. The van der Waals surface area contributed by atoms with Gasteiger partial charge < -0.3 is 10.00 Å². The van der Waals surface area contributed by atoms with Gasteiger partial charge in [-0.2, -0.15) is 0 Å². The van der Waals surface area contributed by atoms with Crippen LogP contribution in [0.25, 0.3) is 0 Å². The van der Waals surface area contributed by atoms with Gasteiger partial charge in [-0.15, -0.1) is 0 Å². The molecule has 0 spiro atoms. The van der Waals surface area contributed by atoms with Crippen LogP contribution in [0, 0.1) is 0 Å². The lowest BCUT2D eigenvalue weighted by Crippen LogP contribution is -2.01. The van der Waals surface area contributed by atoms with E-state index in [0.29, 0.717) is 6.42 Å². The minimum absolute atomic E-state index is 0.0883. The lowest BCUT2D eigenvalue weighted by Gasteiger charge is -2.11. The Bertz CT molecular complexity index is 229. The molecule has 0 aromatic carbocycles. The summed E-state index contributed by atoms with van der Waals surface area (Å²) in [6, 6.07) is 0. The first-order valence-electron chi connectivity index (χ1n) is 4.81. The number of hydrogen-bond donors (Lipinski definition) is 2. The minimum atomic E-state index is -3.98. The second-order valence-electron chi connectivity index (χ2n) is 2.99. The molecule has 6 nitrogen and oxygen atoms in total. The molecule has 2 N–H and O–H groups in total. The number of phosphoric ester groups is 1. The van der Waals surface area contributed by atoms with Gasteiger partial charge in [0.15, 0.2) is 0 Å². The zero-order valence-corrected chi connectivity index (χ0v) is 9.61. The Balaban J connectivity index is 3.55. The van der Waals surface area contributed by atoms with Crippen molar-refractivity contribution in [2.75, 3.05) is 13.2 Å². The smallest absolute Gasteiger partial charge is 0.472 e. The molecular formula is C8H17O6P. The molecule has 0 bridgehead atoms. The van der Waals surface area contributed by atoms with E-state index in [9.17, 15) is 9.36 Å². The van der Waals surface area contributed by atoms with Crippen LogP contribution in [0.3, 0.4) is 0 Å². The SMILES string of the molecule is CCCCOP(=O)(O)OCCCC(=O)O. The third-order valence-corrected chi connectivity index (χ3v) is 2.56. The van der Waals surface area contributed by atoms with Gasteiger partial charge in [0.25, 0.3) is 0 Å². The van der Waals surface area contributed by atoms with E-state index in [4.69, 9.17) is 10.00 Å². The molecular weight excluding hydrogens is 223 g/mol. The summed E-state index contributed by atoms with van der Waals surface area (Å²) in [5.41, 5.74) is 0. The van der Waals surface area contributed by atoms with Gasteiger partial charge in [-0.3, -0.25) is 13.8 Å². The van der Waals surface area contributed by atoms with Crippen molar-refractivity contribution in [3.8, 4) is 0 Å². The molecule has 15 heavy (non-hydrogen) atoms. The molecule has 0 aliphatic rings. The summed E-state index contributed by atoms with van der Waals surface area (Å²) in [5.74, 6) is -0.960. The van der Waals surface area contributed by atoms with E-state index in [1.807, 2.05) is 6.92 Å². The van der Waals surface area contributed by atoms with Crippen molar-refractivity contribution in [3.63, 3.8) is 0 Å². The highest BCUT2D eigenvalue weighted by atomic mass is 31.2. The predicted molar refractivity (Wildman–Crippen MR) is 53.5 cm³/mol. The van der Waals surface area contributed by atoms with Crippen molar-refractivity contribution in [2.45, 2.75) is 32.6 Å². The van der Waals surface area contributed by atoms with Crippen LogP contribution in [0.4, 0.5) is 0 Å².